The highest BCUT2D eigenvalue weighted by molar-refractivity contribution is 7.09. The number of hydrogen-bond acceptors (Lipinski definition) is 14. The summed E-state index contributed by atoms with van der Waals surface area (Å²) < 4.78 is 17.2. The topological polar surface area (TPSA) is 223 Å². The fourth-order valence-corrected chi connectivity index (χ4v) is 10.7. The van der Waals surface area contributed by atoms with Crippen LogP contribution in [0.2, 0.25) is 0 Å². The molecule has 7 atom stereocenters. The number of carbonyl (C=O) groups is 8. The molecule has 3 N–H and O–H groups in total. The third-order valence-electron chi connectivity index (χ3n) is 14.6. The molecule has 0 spiro atoms. The molecular formula is C58H89N7O11S. The van der Waals surface area contributed by atoms with E-state index in [1.807, 2.05) is 49.2 Å². The van der Waals surface area contributed by atoms with E-state index in [-0.39, 0.29) is 110 Å². The molecular weight excluding hydrogens is 1000 g/mol. The highest BCUT2D eigenvalue weighted by Gasteiger charge is 2.38. The quantitative estimate of drug-likeness (QED) is 0.0438. The van der Waals surface area contributed by atoms with Crippen molar-refractivity contribution in [2.45, 2.75) is 163 Å². The monoisotopic (exact) mass is 1090 g/mol. The third kappa shape index (κ3) is 21.8. The second-order valence-corrected chi connectivity index (χ2v) is 21.9. The number of rotatable bonds is 37. The Labute approximate surface area is 461 Å². The summed E-state index contributed by atoms with van der Waals surface area (Å²) >= 11 is 1.34. The molecule has 3 heterocycles. The lowest BCUT2D eigenvalue weighted by molar-refractivity contribution is -0.145. The Bertz CT molecular complexity index is 2210. The number of nitrogens with zero attached hydrogens (tertiary/aromatic N) is 4. The number of piperidine rings is 1. The zero-order valence-electron chi connectivity index (χ0n) is 47.2. The Kier molecular flexibility index (Phi) is 28.7. The number of carbonyl (C=O) groups excluding carboxylic acids is 8. The number of aromatic nitrogens is 1. The molecule has 0 bridgehead atoms. The molecule has 2 aliphatic rings. The van der Waals surface area contributed by atoms with Gasteiger partial charge in [-0.15, -0.1) is 11.3 Å². The van der Waals surface area contributed by atoms with Gasteiger partial charge in [-0.3, -0.25) is 43.4 Å². The Balaban J connectivity index is 1.29. The van der Waals surface area contributed by atoms with Crippen LogP contribution in [-0.4, -0.2) is 151 Å². The molecule has 2 aliphatic heterocycles. The number of nitrogens with one attached hydrogen (secondary N) is 3. The Morgan fingerprint density at radius 1 is 0.870 bits per heavy atom. The van der Waals surface area contributed by atoms with E-state index < -0.39 is 30.1 Å². The van der Waals surface area contributed by atoms with Gasteiger partial charge in [-0.05, 0) is 82.4 Å². The van der Waals surface area contributed by atoms with E-state index in [0.29, 0.717) is 69.6 Å². The number of amides is 6. The number of benzene rings is 1. The summed E-state index contributed by atoms with van der Waals surface area (Å²) in [7, 11) is 2.01. The smallest absolute Gasteiger partial charge is 0.407 e. The summed E-state index contributed by atoms with van der Waals surface area (Å²) in [6, 6.07) is 8.85. The van der Waals surface area contributed by atoms with E-state index in [1.165, 1.54) is 28.4 Å². The zero-order valence-corrected chi connectivity index (χ0v) is 48.0. The Morgan fingerprint density at radius 2 is 1.61 bits per heavy atom. The van der Waals surface area contributed by atoms with Gasteiger partial charge in [0.15, 0.2) is 11.6 Å². The van der Waals surface area contributed by atoms with Crippen LogP contribution < -0.4 is 16.0 Å². The van der Waals surface area contributed by atoms with Crippen molar-refractivity contribution in [1.82, 2.24) is 35.6 Å². The van der Waals surface area contributed by atoms with Crippen molar-refractivity contribution in [2.24, 2.45) is 23.7 Å². The predicted octanol–water partition coefficient (Wildman–Crippen LogP) is 7.65. The van der Waals surface area contributed by atoms with Crippen molar-refractivity contribution in [3.8, 4) is 0 Å². The van der Waals surface area contributed by atoms with Crippen LogP contribution >= 0.6 is 11.3 Å². The zero-order chi connectivity index (χ0) is 56.3. The van der Waals surface area contributed by atoms with Gasteiger partial charge in [-0.25, -0.2) is 9.78 Å². The molecule has 6 amide bonds. The third-order valence-corrected chi connectivity index (χ3v) is 15.5. The largest absolute Gasteiger partial charge is 0.447 e. The van der Waals surface area contributed by atoms with Crippen LogP contribution in [0.3, 0.4) is 0 Å². The molecule has 2 aromatic rings. The van der Waals surface area contributed by atoms with Gasteiger partial charge in [-0.2, -0.15) is 0 Å². The highest BCUT2D eigenvalue weighted by Crippen LogP contribution is 2.34. The van der Waals surface area contributed by atoms with Crippen molar-refractivity contribution in [3.05, 3.63) is 64.1 Å². The van der Waals surface area contributed by atoms with E-state index in [4.69, 9.17) is 19.2 Å². The molecule has 1 saturated heterocycles. The maximum absolute atomic E-state index is 14.9. The molecule has 428 valence electrons. The minimum atomic E-state index is -0.777. The van der Waals surface area contributed by atoms with Gasteiger partial charge >= 0.3 is 6.09 Å². The molecule has 19 heteroatoms. The second kappa shape index (κ2) is 34.5. The molecule has 0 radical (unpaired) electrons. The van der Waals surface area contributed by atoms with Gasteiger partial charge < -0.3 is 35.1 Å². The van der Waals surface area contributed by atoms with Crippen LogP contribution in [0.5, 0.6) is 0 Å². The number of unbranched alkanes of at least 4 members (excludes halogenated alkanes) is 2. The minimum Gasteiger partial charge on any atom is -0.447 e. The number of hydrogen-bond donors (Lipinski definition) is 3. The van der Waals surface area contributed by atoms with Gasteiger partial charge in [0.2, 0.25) is 11.8 Å². The molecule has 1 aromatic carbocycles. The van der Waals surface area contributed by atoms with E-state index in [9.17, 15) is 38.4 Å². The number of ketones is 2. The van der Waals surface area contributed by atoms with Crippen LogP contribution in [0, 0.1) is 23.7 Å². The summed E-state index contributed by atoms with van der Waals surface area (Å²) in [4.78, 5) is 114. The van der Waals surface area contributed by atoms with Crippen LogP contribution in [0.15, 0.2) is 47.9 Å². The summed E-state index contributed by atoms with van der Waals surface area (Å²) in [5.74, 6) is -2.12. The number of ether oxygens (including phenoxy) is 3. The Morgan fingerprint density at radius 3 is 2.29 bits per heavy atom. The number of likely N-dealkylation sites (N-methyl/N-ethyl adjacent to an activating group) is 1. The summed E-state index contributed by atoms with van der Waals surface area (Å²) in [5.41, 5.74) is 1.20. The molecule has 4 rings (SSSR count). The number of imide groups is 1. The first-order chi connectivity index (χ1) is 37.0. The predicted molar refractivity (Wildman–Crippen MR) is 297 cm³/mol. The number of likely N-dealkylation sites (tertiary alicyclic amines) is 1. The standard InChI is InChI=1S/C58H89N7O11S/c1-9-27-64(57(72)45(41(6)11-3)36-49(66)47-22-17-19-28-63(47)8)48(40(4)5)37-51(75-30-10-2)56-62-46(39-77-56)55(71)61-44(35-43-20-14-12-15-21-43)34-42(7)50(67)38-60-58(73)76-33-32-74-31-26-59-52(68)23-16-13-18-29-65-53(69)24-25-54(65)70/h12,14-15,20-21,24-25,39-42,44-45,47-48,51H,9-11,13,16-19,22-23,26-38H2,1-8H3,(H,59,68)(H,60,73)(H,61,71)/t41-,42-,44+,45-,47+,48+,51+/m0/s1. The highest BCUT2D eigenvalue weighted by atomic mass is 32.1. The molecule has 0 saturated carbocycles. The fraction of sp³-hybridized carbons (Fsp3) is 0.672. The SMILES string of the molecule is CCCO[C@H](C[C@H](C(C)C)N(CCC)C(=O)[C@@H](CC(=O)[C@H]1CCCCN1C)[C@@H](C)CC)c1nc(C(=O)N[C@@H](Cc2ccccc2)C[C@H](C)C(=O)CNC(=O)OCCOCCNC(=O)CCCCCN2C(=O)C=CC2=O)cs1. The van der Waals surface area contributed by atoms with Gasteiger partial charge in [0.25, 0.3) is 17.7 Å². The molecule has 0 aliphatic carbocycles. The van der Waals surface area contributed by atoms with E-state index >= 15 is 0 Å². The van der Waals surface area contributed by atoms with Crippen LogP contribution in [-0.2, 0) is 49.4 Å². The molecule has 18 nitrogen and oxygen atoms in total. The minimum absolute atomic E-state index is 0.0148. The lowest BCUT2D eigenvalue weighted by atomic mass is 9.82. The number of alkyl carbamates (subject to hydrolysis) is 1. The Hall–Kier alpha value is -5.37. The first-order valence-corrected chi connectivity index (χ1v) is 29.1. The lowest BCUT2D eigenvalue weighted by Crippen LogP contribution is -2.50. The average molecular weight is 1090 g/mol. The van der Waals surface area contributed by atoms with E-state index in [2.05, 4.69) is 55.5 Å². The van der Waals surface area contributed by atoms with Crippen LogP contribution in [0.4, 0.5) is 4.79 Å². The van der Waals surface area contributed by atoms with Crippen LogP contribution in [0.1, 0.15) is 159 Å². The first kappa shape index (κ1) is 64.2. The number of thiazole rings is 1. The van der Waals surface area contributed by atoms with E-state index in [0.717, 1.165) is 50.6 Å². The summed E-state index contributed by atoms with van der Waals surface area (Å²) in [6.07, 6.45) is 10.1. The summed E-state index contributed by atoms with van der Waals surface area (Å²) in [5, 5.41) is 10.8. The second-order valence-electron chi connectivity index (χ2n) is 21.1. The van der Waals surface area contributed by atoms with Gasteiger partial charge in [-0.1, -0.05) is 98.1 Å². The summed E-state index contributed by atoms with van der Waals surface area (Å²) in [6.45, 7) is 16.7. The average Bonchev–Trinajstić information content (AvgIpc) is 4.04. The molecule has 77 heavy (non-hydrogen) atoms. The van der Waals surface area contributed by atoms with Crippen molar-refractivity contribution in [3.63, 3.8) is 0 Å². The normalized spacial score (nSPS) is 17.1. The van der Waals surface area contributed by atoms with Crippen molar-refractivity contribution >= 4 is 58.5 Å². The van der Waals surface area contributed by atoms with Gasteiger partial charge in [0.05, 0.1) is 25.8 Å². The van der Waals surface area contributed by atoms with Crippen molar-refractivity contribution < 1.29 is 52.6 Å². The fourth-order valence-electron chi connectivity index (χ4n) is 9.89. The van der Waals surface area contributed by atoms with Crippen molar-refractivity contribution in [1.29, 1.82) is 0 Å². The maximum Gasteiger partial charge on any atom is 0.407 e. The maximum atomic E-state index is 14.9. The van der Waals surface area contributed by atoms with Crippen LogP contribution in [0.25, 0.3) is 0 Å². The molecule has 1 aromatic heterocycles. The van der Waals surface area contributed by atoms with Crippen molar-refractivity contribution in [2.75, 3.05) is 66.2 Å². The first-order valence-electron chi connectivity index (χ1n) is 28.2. The molecule has 0 unspecified atom stereocenters. The lowest BCUT2D eigenvalue weighted by Gasteiger charge is -2.40. The van der Waals surface area contributed by atoms with Gasteiger partial charge in [0.1, 0.15) is 23.4 Å². The van der Waals surface area contributed by atoms with E-state index in [1.54, 1.807) is 12.3 Å². The van der Waals surface area contributed by atoms with Gasteiger partial charge in [0, 0.05) is 87.0 Å². The molecule has 1 fully saturated rings. The number of Topliss-reactive ketones (excluding diaryl/α,β-unsaturated/α-hetero) is 2.